The van der Waals surface area contributed by atoms with E-state index in [2.05, 4.69) is 27.3 Å². The molecule has 2 N–H and O–H groups in total. The van der Waals surface area contributed by atoms with Crippen LogP contribution in [0.2, 0.25) is 0 Å². The third kappa shape index (κ3) is 3.76. The van der Waals surface area contributed by atoms with Crippen molar-refractivity contribution in [1.29, 1.82) is 0 Å². The van der Waals surface area contributed by atoms with Crippen LogP contribution in [0.15, 0.2) is 34.9 Å². The number of aliphatic hydroxyl groups is 1. The SMILES string of the molecule is Cc1cc(N2CCC3(CC2)OCC[C@](C)(NC(=O)c2ccco2)[C@H]3O)cc(C)n1. The number of furan rings is 1. The minimum absolute atomic E-state index is 0.247. The van der Waals surface area contributed by atoms with Gasteiger partial charge in [0, 0.05) is 36.8 Å². The number of pyridine rings is 1. The van der Waals surface area contributed by atoms with E-state index in [-0.39, 0.29) is 11.7 Å². The third-order valence-electron chi connectivity index (χ3n) is 6.30. The molecule has 2 fully saturated rings. The Balaban J connectivity index is 1.48. The number of aryl methyl sites for hydroxylation is 2. The number of nitrogens with zero attached hydrogens (tertiary/aromatic N) is 2. The quantitative estimate of drug-likeness (QED) is 0.825. The van der Waals surface area contributed by atoms with Gasteiger partial charge < -0.3 is 24.5 Å². The summed E-state index contributed by atoms with van der Waals surface area (Å²) in [6.45, 7) is 7.96. The summed E-state index contributed by atoms with van der Waals surface area (Å²) < 4.78 is 11.4. The molecule has 0 radical (unpaired) electrons. The Kier molecular flexibility index (Phi) is 5.12. The van der Waals surface area contributed by atoms with Crippen LogP contribution in [-0.2, 0) is 4.74 Å². The largest absolute Gasteiger partial charge is 0.459 e. The molecule has 2 aliphatic rings. The Morgan fingerprint density at radius 1 is 1.24 bits per heavy atom. The molecular formula is C22H29N3O4. The van der Waals surface area contributed by atoms with Crippen molar-refractivity contribution in [2.75, 3.05) is 24.6 Å². The number of ether oxygens (including phenoxy) is 1. The lowest BCUT2D eigenvalue weighted by Gasteiger charge is -2.53. The molecule has 7 nitrogen and oxygen atoms in total. The molecule has 4 heterocycles. The van der Waals surface area contributed by atoms with E-state index in [1.165, 1.54) is 6.26 Å². The van der Waals surface area contributed by atoms with Gasteiger partial charge in [-0.05, 0) is 64.3 Å². The second-order valence-electron chi connectivity index (χ2n) is 8.51. The maximum atomic E-state index is 12.5. The highest BCUT2D eigenvalue weighted by Crippen LogP contribution is 2.41. The molecule has 0 unspecified atom stereocenters. The van der Waals surface area contributed by atoms with Crippen LogP contribution in [0.1, 0.15) is 48.1 Å². The van der Waals surface area contributed by atoms with Crippen molar-refractivity contribution >= 4 is 11.6 Å². The van der Waals surface area contributed by atoms with Crippen LogP contribution in [-0.4, -0.2) is 52.9 Å². The summed E-state index contributed by atoms with van der Waals surface area (Å²) in [5, 5.41) is 14.3. The third-order valence-corrected chi connectivity index (χ3v) is 6.30. The zero-order valence-electron chi connectivity index (χ0n) is 17.3. The maximum absolute atomic E-state index is 12.5. The molecule has 156 valence electrons. The predicted octanol–water partition coefficient (Wildman–Crippen LogP) is 2.60. The molecule has 0 aromatic carbocycles. The topological polar surface area (TPSA) is 87.8 Å². The lowest BCUT2D eigenvalue weighted by molar-refractivity contribution is -0.195. The Bertz CT molecular complexity index is 854. The van der Waals surface area contributed by atoms with Crippen LogP contribution in [0.25, 0.3) is 0 Å². The smallest absolute Gasteiger partial charge is 0.287 e. The predicted molar refractivity (Wildman–Crippen MR) is 109 cm³/mol. The van der Waals surface area contributed by atoms with Crippen LogP contribution in [0, 0.1) is 13.8 Å². The fourth-order valence-electron chi connectivity index (χ4n) is 4.68. The van der Waals surface area contributed by atoms with Crippen molar-refractivity contribution in [2.24, 2.45) is 0 Å². The number of carbonyl (C=O) groups excluding carboxylic acids is 1. The number of piperidine rings is 1. The molecule has 4 rings (SSSR count). The van der Waals surface area contributed by atoms with Gasteiger partial charge in [-0.2, -0.15) is 0 Å². The summed E-state index contributed by atoms with van der Waals surface area (Å²) in [6, 6.07) is 7.49. The molecule has 2 aromatic heterocycles. The van der Waals surface area contributed by atoms with Crippen molar-refractivity contribution < 1.29 is 19.1 Å². The average Bonchev–Trinajstić information content (AvgIpc) is 3.21. The highest BCUT2D eigenvalue weighted by molar-refractivity contribution is 5.92. The van der Waals surface area contributed by atoms with Gasteiger partial charge in [0.1, 0.15) is 6.10 Å². The fourth-order valence-corrected chi connectivity index (χ4v) is 4.68. The minimum atomic E-state index is -0.800. The Labute approximate surface area is 171 Å². The average molecular weight is 399 g/mol. The molecule has 1 spiro atoms. The first-order valence-corrected chi connectivity index (χ1v) is 10.2. The van der Waals surface area contributed by atoms with Gasteiger partial charge in [-0.25, -0.2) is 0 Å². The molecule has 0 bridgehead atoms. The molecule has 2 atom stereocenters. The van der Waals surface area contributed by atoms with Crippen LogP contribution in [0.5, 0.6) is 0 Å². The minimum Gasteiger partial charge on any atom is -0.459 e. The summed E-state index contributed by atoms with van der Waals surface area (Å²) in [4.78, 5) is 19.3. The van der Waals surface area contributed by atoms with E-state index in [0.29, 0.717) is 25.9 Å². The van der Waals surface area contributed by atoms with Gasteiger partial charge in [0.2, 0.25) is 0 Å². The first-order chi connectivity index (χ1) is 13.8. The second-order valence-corrected chi connectivity index (χ2v) is 8.51. The molecular weight excluding hydrogens is 370 g/mol. The first-order valence-electron chi connectivity index (χ1n) is 10.2. The Hall–Kier alpha value is -2.38. The monoisotopic (exact) mass is 399 g/mol. The first kappa shape index (κ1) is 19.9. The van der Waals surface area contributed by atoms with Crippen molar-refractivity contribution in [3.8, 4) is 0 Å². The van der Waals surface area contributed by atoms with Gasteiger partial charge in [-0.3, -0.25) is 9.78 Å². The Morgan fingerprint density at radius 2 is 1.93 bits per heavy atom. The number of amides is 1. The highest BCUT2D eigenvalue weighted by Gasteiger charge is 2.54. The number of nitrogens with one attached hydrogen (secondary N) is 1. The van der Waals surface area contributed by atoms with Crippen LogP contribution in [0.4, 0.5) is 5.69 Å². The van der Waals surface area contributed by atoms with Gasteiger partial charge >= 0.3 is 0 Å². The molecule has 2 aliphatic heterocycles. The number of rotatable bonds is 3. The summed E-state index contributed by atoms with van der Waals surface area (Å²) in [5.74, 6) is -0.0639. The molecule has 29 heavy (non-hydrogen) atoms. The van der Waals surface area contributed by atoms with Crippen molar-refractivity contribution in [2.45, 2.75) is 57.3 Å². The van der Waals surface area contributed by atoms with E-state index in [4.69, 9.17) is 9.15 Å². The molecule has 2 aromatic rings. The number of aliphatic hydroxyl groups excluding tert-OH is 1. The number of carbonyl (C=O) groups is 1. The van der Waals surface area contributed by atoms with E-state index < -0.39 is 17.2 Å². The van der Waals surface area contributed by atoms with Crippen molar-refractivity contribution in [1.82, 2.24) is 10.3 Å². The summed E-state index contributed by atoms with van der Waals surface area (Å²) in [7, 11) is 0. The van der Waals surface area contributed by atoms with Crippen LogP contribution >= 0.6 is 0 Å². The molecule has 0 aliphatic carbocycles. The van der Waals surface area contributed by atoms with Gasteiger partial charge in [-0.1, -0.05) is 0 Å². The number of hydrogen-bond acceptors (Lipinski definition) is 6. The second kappa shape index (κ2) is 7.46. The molecule has 0 saturated carbocycles. The van der Waals surface area contributed by atoms with Gasteiger partial charge in [0.05, 0.1) is 17.4 Å². The summed E-state index contributed by atoms with van der Waals surface area (Å²) >= 11 is 0. The number of anilines is 1. The van der Waals surface area contributed by atoms with E-state index in [1.807, 2.05) is 20.8 Å². The lowest BCUT2D eigenvalue weighted by atomic mass is 9.73. The normalized spacial score (nSPS) is 26.5. The van der Waals surface area contributed by atoms with Crippen LogP contribution in [0.3, 0.4) is 0 Å². The van der Waals surface area contributed by atoms with Crippen molar-refractivity contribution in [3.05, 3.63) is 47.7 Å². The van der Waals surface area contributed by atoms with E-state index in [0.717, 1.165) is 30.2 Å². The van der Waals surface area contributed by atoms with Gasteiger partial charge in [0.15, 0.2) is 5.76 Å². The van der Waals surface area contributed by atoms with E-state index >= 15 is 0 Å². The number of aromatic nitrogens is 1. The fraction of sp³-hybridized carbons (Fsp3) is 0.545. The van der Waals surface area contributed by atoms with Crippen molar-refractivity contribution in [3.63, 3.8) is 0 Å². The zero-order chi connectivity index (χ0) is 20.6. The van der Waals surface area contributed by atoms with Gasteiger partial charge in [-0.15, -0.1) is 0 Å². The molecule has 2 saturated heterocycles. The standard InChI is InChI=1S/C22H29N3O4/c1-15-13-17(14-16(2)23-15)25-9-6-22(7-10-25)20(27)21(3,8-12-29-22)24-19(26)18-5-4-11-28-18/h4-5,11,13-14,20,27H,6-10,12H2,1-3H3,(H,24,26)/t20-,21+/m1/s1. The van der Waals surface area contributed by atoms with E-state index in [1.54, 1.807) is 12.1 Å². The Morgan fingerprint density at radius 3 is 2.55 bits per heavy atom. The molecule has 7 heteroatoms. The zero-order valence-corrected chi connectivity index (χ0v) is 17.3. The molecule has 1 amide bonds. The summed E-state index contributed by atoms with van der Waals surface area (Å²) in [6.07, 6.45) is 2.61. The van der Waals surface area contributed by atoms with Crippen LogP contribution < -0.4 is 10.2 Å². The number of hydrogen-bond donors (Lipinski definition) is 2. The highest BCUT2D eigenvalue weighted by atomic mass is 16.5. The summed E-state index contributed by atoms with van der Waals surface area (Å²) in [5.41, 5.74) is 1.74. The van der Waals surface area contributed by atoms with Gasteiger partial charge in [0.25, 0.3) is 5.91 Å². The van der Waals surface area contributed by atoms with E-state index in [9.17, 15) is 9.90 Å². The maximum Gasteiger partial charge on any atom is 0.287 e. The lowest BCUT2D eigenvalue weighted by Crippen LogP contribution is -2.69.